The fourth-order valence-electron chi connectivity index (χ4n) is 0.341. The van der Waals surface area contributed by atoms with Gasteiger partial charge in [0, 0.05) is 5.03 Å². The molecule has 0 saturated heterocycles. The molecular formula is C6H10Cl. The Morgan fingerprint density at radius 1 is 1.86 bits per heavy atom. The first-order chi connectivity index (χ1) is 3.31. The molecule has 0 aromatic carbocycles. The molecule has 7 heavy (non-hydrogen) atoms. The van der Waals surface area contributed by atoms with Crippen molar-refractivity contribution < 1.29 is 0 Å². The van der Waals surface area contributed by atoms with Crippen LogP contribution >= 0.6 is 11.6 Å². The monoisotopic (exact) mass is 117 g/mol. The zero-order valence-corrected chi connectivity index (χ0v) is 5.33. The highest BCUT2D eigenvalue weighted by Crippen LogP contribution is 2.07. The van der Waals surface area contributed by atoms with E-state index in [0.29, 0.717) is 0 Å². The molecule has 0 unspecified atom stereocenters. The molecule has 0 bridgehead atoms. The van der Waals surface area contributed by atoms with E-state index in [1.54, 1.807) is 6.08 Å². The molecule has 0 aromatic rings. The molecule has 0 spiro atoms. The van der Waals surface area contributed by atoms with Crippen molar-refractivity contribution in [2.75, 3.05) is 0 Å². The third-order valence-corrected chi connectivity index (χ3v) is 1.05. The third kappa shape index (κ3) is 3.87. The molecule has 0 heterocycles. The van der Waals surface area contributed by atoms with Gasteiger partial charge in [0.15, 0.2) is 0 Å². The molecule has 1 radical (unpaired) electrons. The molecular weight excluding hydrogens is 108 g/mol. The Morgan fingerprint density at radius 3 is 2.57 bits per heavy atom. The van der Waals surface area contributed by atoms with Crippen LogP contribution in [0.25, 0.3) is 0 Å². The van der Waals surface area contributed by atoms with Gasteiger partial charge in [-0.15, -0.1) is 0 Å². The second kappa shape index (κ2) is 4.20. The second-order valence-electron chi connectivity index (χ2n) is 1.40. The van der Waals surface area contributed by atoms with Gasteiger partial charge in [0.1, 0.15) is 0 Å². The van der Waals surface area contributed by atoms with Gasteiger partial charge in [0.05, 0.1) is 0 Å². The van der Waals surface area contributed by atoms with E-state index in [2.05, 4.69) is 13.8 Å². The van der Waals surface area contributed by atoms with Gasteiger partial charge in [0.25, 0.3) is 0 Å². The first kappa shape index (κ1) is 7.03. The second-order valence-corrected chi connectivity index (χ2v) is 1.89. The number of allylic oxidation sites excluding steroid dienone is 2. The van der Waals surface area contributed by atoms with Gasteiger partial charge in [-0.05, 0) is 13.3 Å². The van der Waals surface area contributed by atoms with Crippen molar-refractivity contribution in [3.05, 3.63) is 18.0 Å². The summed E-state index contributed by atoms with van der Waals surface area (Å²) in [6, 6.07) is 0. The lowest BCUT2D eigenvalue weighted by atomic mass is 10.3. The van der Waals surface area contributed by atoms with Gasteiger partial charge < -0.3 is 0 Å². The molecule has 0 saturated carbocycles. The van der Waals surface area contributed by atoms with Crippen molar-refractivity contribution in [3.63, 3.8) is 0 Å². The lowest BCUT2D eigenvalue weighted by Gasteiger charge is -1.87. The van der Waals surface area contributed by atoms with E-state index in [9.17, 15) is 0 Å². The van der Waals surface area contributed by atoms with Crippen molar-refractivity contribution in [2.24, 2.45) is 0 Å². The molecule has 0 nitrogen and oxygen atoms in total. The van der Waals surface area contributed by atoms with Crippen LogP contribution in [0.3, 0.4) is 0 Å². The largest absolute Gasteiger partial charge is 0.0895 e. The van der Waals surface area contributed by atoms with E-state index in [1.165, 1.54) is 0 Å². The normalized spacial score (nSPS) is 12.1. The molecule has 0 rings (SSSR count). The minimum absolute atomic E-state index is 0.863. The first-order valence-electron chi connectivity index (χ1n) is 2.45. The third-order valence-electron chi connectivity index (χ3n) is 0.710. The number of halogens is 1. The molecule has 0 N–H and O–H groups in total. The van der Waals surface area contributed by atoms with E-state index >= 15 is 0 Å². The molecule has 0 aliphatic carbocycles. The van der Waals surface area contributed by atoms with E-state index in [0.717, 1.165) is 17.9 Å². The Balaban J connectivity index is 3.17. The minimum atomic E-state index is 0.863. The molecule has 0 aliphatic rings. The summed E-state index contributed by atoms with van der Waals surface area (Å²) in [5.41, 5.74) is 0. The zero-order valence-electron chi connectivity index (χ0n) is 4.58. The van der Waals surface area contributed by atoms with Gasteiger partial charge in [-0.3, -0.25) is 0 Å². The summed E-state index contributed by atoms with van der Waals surface area (Å²) in [6.45, 7) is 5.60. The summed E-state index contributed by atoms with van der Waals surface area (Å²) in [5, 5.41) is 0.863. The summed E-state index contributed by atoms with van der Waals surface area (Å²) in [7, 11) is 0. The highest BCUT2D eigenvalue weighted by Gasteiger charge is 1.82. The van der Waals surface area contributed by atoms with Gasteiger partial charge in [0.2, 0.25) is 0 Å². The predicted octanol–water partition coefficient (Wildman–Crippen LogP) is 2.74. The van der Waals surface area contributed by atoms with Crippen LogP contribution in [0.5, 0.6) is 0 Å². The van der Waals surface area contributed by atoms with Crippen molar-refractivity contribution in [1.82, 2.24) is 0 Å². The van der Waals surface area contributed by atoms with Crippen molar-refractivity contribution in [3.8, 4) is 0 Å². The molecule has 0 aliphatic heterocycles. The average molecular weight is 118 g/mol. The van der Waals surface area contributed by atoms with Crippen LogP contribution in [0.2, 0.25) is 0 Å². The molecule has 41 valence electrons. The summed E-state index contributed by atoms with van der Waals surface area (Å²) in [4.78, 5) is 0. The Labute approximate surface area is 50.2 Å². The molecule has 1 heteroatoms. The quantitative estimate of drug-likeness (QED) is 0.522. The maximum atomic E-state index is 5.56. The van der Waals surface area contributed by atoms with E-state index in [1.807, 2.05) is 0 Å². The van der Waals surface area contributed by atoms with Gasteiger partial charge in [-0.25, -0.2) is 0 Å². The zero-order chi connectivity index (χ0) is 5.70. The highest BCUT2D eigenvalue weighted by molar-refractivity contribution is 6.29. The standard InChI is InChI=1S/C6H10Cl/c1-3-5-6(7)4-2/h4H,2-3,5H2,1H3/b6-4+. The smallest absolute Gasteiger partial charge is 0.0141 e. The Hall–Kier alpha value is 0.0300. The average Bonchev–Trinajstić information content (AvgIpc) is 1.68. The molecule has 0 fully saturated rings. The van der Waals surface area contributed by atoms with Gasteiger partial charge in [-0.1, -0.05) is 31.0 Å². The maximum absolute atomic E-state index is 5.56. The predicted molar refractivity (Wildman–Crippen MR) is 34.2 cm³/mol. The Kier molecular flexibility index (Phi) is 4.21. The molecule has 0 atom stereocenters. The van der Waals surface area contributed by atoms with Gasteiger partial charge >= 0.3 is 0 Å². The van der Waals surface area contributed by atoms with Crippen LogP contribution in [0, 0.1) is 6.92 Å². The number of hydrogen-bond acceptors (Lipinski definition) is 0. The van der Waals surface area contributed by atoms with Crippen LogP contribution in [0.4, 0.5) is 0 Å². The van der Waals surface area contributed by atoms with Crippen molar-refractivity contribution in [1.29, 1.82) is 0 Å². The lowest BCUT2D eigenvalue weighted by molar-refractivity contribution is 0.945. The molecule has 0 aromatic heterocycles. The van der Waals surface area contributed by atoms with E-state index in [-0.39, 0.29) is 0 Å². The van der Waals surface area contributed by atoms with Crippen LogP contribution < -0.4 is 0 Å². The Morgan fingerprint density at radius 2 is 2.43 bits per heavy atom. The highest BCUT2D eigenvalue weighted by atomic mass is 35.5. The Bertz CT molecular complexity index is 64.6. The van der Waals surface area contributed by atoms with Crippen LogP contribution in [0.1, 0.15) is 19.8 Å². The first-order valence-corrected chi connectivity index (χ1v) is 2.82. The lowest BCUT2D eigenvalue weighted by Crippen LogP contribution is -1.66. The van der Waals surface area contributed by atoms with Crippen LogP contribution in [-0.2, 0) is 0 Å². The summed E-state index contributed by atoms with van der Waals surface area (Å²) < 4.78 is 0. The van der Waals surface area contributed by atoms with Crippen molar-refractivity contribution >= 4 is 11.6 Å². The summed E-state index contributed by atoms with van der Waals surface area (Å²) >= 11 is 5.56. The van der Waals surface area contributed by atoms with Crippen LogP contribution in [-0.4, -0.2) is 0 Å². The number of hydrogen-bond donors (Lipinski definition) is 0. The van der Waals surface area contributed by atoms with Crippen molar-refractivity contribution in [2.45, 2.75) is 19.8 Å². The number of rotatable bonds is 2. The van der Waals surface area contributed by atoms with Crippen LogP contribution in [0.15, 0.2) is 11.1 Å². The minimum Gasteiger partial charge on any atom is -0.0895 e. The topological polar surface area (TPSA) is 0 Å². The van der Waals surface area contributed by atoms with E-state index in [4.69, 9.17) is 11.6 Å². The molecule has 0 amide bonds. The maximum Gasteiger partial charge on any atom is 0.0141 e. The summed E-state index contributed by atoms with van der Waals surface area (Å²) in [5.74, 6) is 0. The summed E-state index contributed by atoms with van der Waals surface area (Å²) in [6.07, 6.45) is 3.75. The fourth-order valence-corrected chi connectivity index (χ4v) is 0.530. The van der Waals surface area contributed by atoms with E-state index < -0.39 is 0 Å². The SMILES string of the molecule is [CH2]/C=C(/Cl)CCC. The fraction of sp³-hybridized carbons (Fsp3) is 0.500. The van der Waals surface area contributed by atoms with Gasteiger partial charge in [-0.2, -0.15) is 0 Å².